The third-order valence-electron chi connectivity index (χ3n) is 2.86. The molecule has 94 valence electrons. The second kappa shape index (κ2) is 4.51. The summed E-state index contributed by atoms with van der Waals surface area (Å²) in [5.74, 6) is 1.34. The molecule has 0 saturated heterocycles. The van der Waals surface area contributed by atoms with Crippen LogP contribution in [0.2, 0.25) is 5.15 Å². The topological polar surface area (TPSA) is 56.5 Å². The van der Waals surface area contributed by atoms with E-state index in [1.165, 1.54) is 18.1 Å². The minimum absolute atomic E-state index is 0.488. The summed E-state index contributed by atoms with van der Waals surface area (Å²) in [6, 6.07) is 0. The Hall–Kier alpha value is -1.14. The van der Waals surface area contributed by atoms with Gasteiger partial charge in [-0.1, -0.05) is 11.6 Å². The Morgan fingerprint density at radius 1 is 1.39 bits per heavy atom. The first-order chi connectivity index (χ1) is 8.65. The Labute approximate surface area is 114 Å². The fraction of sp³-hybridized carbons (Fsp3) is 0.455. The van der Waals surface area contributed by atoms with Gasteiger partial charge in [0.25, 0.3) is 0 Å². The van der Waals surface area contributed by atoms with E-state index in [1.54, 1.807) is 4.68 Å². The van der Waals surface area contributed by atoms with Gasteiger partial charge in [-0.2, -0.15) is 5.10 Å². The van der Waals surface area contributed by atoms with Crippen LogP contribution in [0.1, 0.15) is 30.1 Å². The number of halogens is 1. The van der Waals surface area contributed by atoms with Crippen LogP contribution in [0.4, 0.5) is 0 Å². The van der Waals surface area contributed by atoms with Crippen LogP contribution in [-0.4, -0.2) is 24.7 Å². The maximum absolute atomic E-state index is 6.16. The second-order valence-corrected chi connectivity index (χ2v) is 5.66. The first kappa shape index (κ1) is 11.9. The van der Waals surface area contributed by atoms with Crippen LogP contribution in [-0.2, 0) is 7.05 Å². The van der Waals surface area contributed by atoms with E-state index < -0.39 is 0 Å². The number of aryl methyl sites for hydroxylation is 1. The first-order valence-corrected chi connectivity index (χ1v) is 6.90. The SMILES string of the molecule is Cc1c(Cl)nc(C2CC2)nc1Sc1ncnn1C. The molecule has 0 unspecified atom stereocenters. The van der Waals surface area contributed by atoms with E-state index in [-0.39, 0.29) is 0 Å². The Balaban J connectivity index is 1.97. The predicted molar refractivity (Wildman–Crippen MR) is 68.9 cm³/mol. The lowest BCUT2D eigenvalue weighted by Crippen LogP contribution is -2.00. The molecule has 3 rings (SSSR count). The van der Waals surface area contributed by atoms with Crippen molar-refractivity contribution < 1.29 is 0 Å². The van der Waals surface area contributed by atoms with E-state index in [4.69, 9.17) is 11.6 Å². The molecule has 0 bridgehead atoms. The third kappa shape index (κ3) is 2.22. The van der Waals surface area contributed by atoms with Crippen LogP contribution >= 0.6 is 23.4 Å². The molecule has 0 spiro atoms. The molecule has 7 heteroatoms. The summed E-state index contributed by atoms with van der Waals surface area (Å²) >= 11 is 7.64. The molecule has 0 atom stereocenters. The molecule has 1 fully saturated rings. The quantitative estimate of drug-likeness (QED) is 0.810. The fourth-order valence-electron chi connectivity index (χ4n) is 1.57. The maximum atomic E-state index is 6.16. The van der Waals surface area contributed by atoms with Gasteiger partial charge in [0.05, 0.1) is 0 Å². The van der Waals surface area contributed by atoms with Crippen LogP contribution < -0.4 is 0 Å². The number of aromatic nitrogens is 5. The number of hydrogen-bond donors (Lipinski definition) is 0. The monoisotopic (exact) mass is 281 g/mol. The average Bonchev–Trinajstić information content (AvgIpc) is 3.11. The van der Waals surface area contributed by atoms with Crippen molar-refractivity contribution in [1.29, 1.82) is 0 Å². The summed E-state index contributed by atoms with van der Waals surface area (Å²) in [6.45, 7) is 1.93. The van der Waals surface area contributed by atoms with Crippen molar-refractivity contribution in [3.63, 3.8) is 0 Å². The van der Waals surface area contributed by atoms with Crippen molar-refractivity contribution >= 4 is 23.4 Å². The molecule has 2 aromatic heterocycles. The summed E-state index contributed by atoms with van der Waals surface area (Å²) < 4.78 is 1.72. The number of rotatable bonds is 3. The van der Waals surface area contributed by atoms with E-state index in [2.05, 4.69) is 20.1 Å². The van der Waals surface area contributed by atoms with E-state index in [1.807, 2.05) is 14.0 Å². The van der Waals surface area contributed by atoms with Gasteiger partial charge in [0.15, 0.2) is 5.16 Å². The second-order valence-electron chi connectivity index (χ2n) is 4.35. The van der Waals surface area contributed by atoms with Gasteiger partial charge < -0.3 is 0 Å². The lowest BCUT2D eigenvalue weighted by atomic mass is 10.3. The van der Waals surface area contributed by atoms with E-state index in [9.17, 15) is 0 Å². The number of hydrogen-bond acceptors (Lipinski definition) is 5. The Bertz CT molecular complexity index is 593. The van der Waals surface area contributed by atoms with Gasteiger partial charge in [-0.25, -0.2) is 19.6 Å². The average molecular weight is 282 g/mol. The summed E-state index contributed by atoms with van der Waals surface area (Å²) in [6.07, 6.45) is 3.85. The van der Waals surface area contributed by atoms with Gasteiger partial charge in [-0.05, 0) is 31.5 Å². The van der Waals surface area contributed by atoms with Crippen LogP contribution in [0.5, 0.6) is 0 Å². The smallest absolute Gasteiger partial charge is 0.192 e. The van der Waals surface area contributed by atoms with Crippen molar-refractivity contribution in [3.8, 4) is 0 Å². The lowest BCUT2D eigenvalue weighted by molar-refractivity contribution is 0.684. The zero-order chi connectivity index (χ0) is 12.7. The van der Waals surface area contributed by atoms with E-state index in [0.29, 0.717) is 11.1 Å². The van der Waals surface area contributed by atoms with Crippen LogP contribution in [0.3, 0.4) is 0 Å². The fourth-order valence-corrected chi connectivity index (χ4v) is 2.65. The van der Waals surface area contributed by atoms with Crippen LogP contribution in [0, 0.1) is 6.92 Å². The largest absolute Gasteiger partial charge is 0.244 e. The highest BCUT2D eigenvalue weighted by molar-refractivity contribution is 7.99. The molecule has 1 saturated carbocycles. The van der Waals surface area contributed by atoms with Crippen molar-refractivity contribution in [3.05, 3.63) is 22.9 Å². The Kier molecular flexibility index (Phi) is 2.99. The van der Waals surface area contributed by atoms with E-state index >= 15 is 0 Å². The minimum atomic E-state index is 0.488. The molecule has 1 aliphatic rings. The van der Waals surface area contributed by atoms with Crippen molar-refractivity contribution in [2.24, 2.45) is 7.05 Å². The van der Waals surface area contributed by atoms with Crippen LogP contribution in [0.25, 0.3) is 0 Å². The third-order valence-corrected chi connectivity index (χ3v) is 4.37. The molecule has 18 heavy (non-hydrogen) atoms. The molecule has 0 N–H and O–H groups in total. The van der Waals surface area contributed by atoms with Gasteiger partial charge in [0.2, 0.25) is 0 Å². The maximum Gasteiger partial charge on any atom is 0.192 e. The summed E-state index contributed by atoms with van der Waals surface area (Å²) in [5, 5.41) is 6.25. The van der Waals surface area contributed by atoms with Gasteiger partial charge in [-0.3, -0.25) is 0 Å². The highest BCUT2D eigenvalue weighted by Crippen LogP contribution is 2.40. The molecule has 0 amide bonds. The normalized spacial score (nSPS) is 15.1. The molecular formula is C11H12ClN5S. The van der Waals surface area contributed by atoms with Crippen LogP contribution in [0.15, 0.2) is 16.5 Å². The highest BCUT2D eigenvalue weighted by Gasteiger charge is 2.28. The Morgan fingerprint density at radius 2 is 2.17 bits per heavy atom. The molecule has 1 aliphatic carbocycles. The molecule has 2 heterocycles. The molecular weight excluding hydrogens is 270 g/mol. The van der Waals surface area contributed by atoms with Gasteiger partial charge in [0, 0.05) is 18.5 Å². The molecule has 5 nitrogen and oxygen atoms in total. The molecule has 0 radical (unpaired) electrons. The molecule has 0 aromatic carbocycles. The van der Waals surface area contributed by atoms with Gasteiger partial charge in [0.1, 0.15) is 22.3 Å². The molecule has 0 aliphatic heterocycles. The minimum Gasteiger partial charge on any atom is -0.244 e. The summed E-state index contributed by atoms with van der Waals surface area (Å²) in [7, 11) is 1.86. The van der Waals surface area contributed by atoms with Crippen molar-refractivity contribution in [2.45, 2.75) is 35.9 Å². The first-order valence-electron chi connectivity index (χ1n) is 5.71. The molecule has 2 aromatic rings. The summed E-state index contributed by atoms with van der Waals surface area (Å²) in [5.41, 5.74) is 0.897. The van der Waals surface area contributed by atoms with Gasteiger partial charge in [-0.15, -0.1) is 0 Å². The zero-order valence-corrected chi connectivity index (χ0v) is 11.7. The summed E-state index contributed by atoms with van der Waals surface area (Å²) in [4.78, 5) is 13.1. The standard InChI is InChI=1S/C11H12ClN5S/c1-6-8(12)15-9(7-3-4-7)16-10(6)18-11-13-5-14-17(11)2/h5,7H,3-4H2,1-2H3. The predicted octanol–water partition coefficient (Wildman–Crippen LogP) is 2.60. The highest BCUT2D eigenvalue weighted by atomic mass is 35.5. The lowest BCUT2D eigenvalue weighted by Gasteiger charge is -2.07. The van der Waals surface area contributed by atoms with Gasteiger partial charge >= 0.3 is 0 Å². The zero-order valence-electron chi connectivity index (χ0n) is 10.1. The van der Waals surface area contributed by atoms with Crippen molar-refractivity contribution in [2.75, 3.05) is 0 Å². The number of nitrogens with zero attached hydrogens (tertiary/aromatic N) is 5. The van der Waals surface area contributed by atoms with E-state index in [0.717, 1.165) is 34.4 Å². The Morgan fingerprint density at radius 3 is 2.78 bits per heavy atom. The van der Waals surface area contributed by atoms with Crippen molar-refractivity contribution in [1.82, 2.24) is 24.7 Å².